The van der Waals surface area contributed by atoms with Gasteiger partial charge in [-0.25, -0.2) is 0 Å². The van der Waals surface area contributed by atoms with Gasteiger partial charge in [-0.3, -0.25) is 9.59 Å². The number of primary amides is 1. The second-order valence-electron chi connectivity index (χ2n) is 6.45. The Kier molecular flexibility index (Phi) is 4.42. The molecule has 2 amide bonds. The Labute approximate surface area is 142 Å². The lowest BCUT2D eigenvalue weighted by Gasteiger charge is -2.31. The predicted octanol–water partition coefficient (Wildman–Crippen LogP) is 2.43. The van der Waals surface area contributed by atoms with Crippen molar-refractivity contribution < 1.29 is 9.59 Å². The number of hydrogen-bond acceptors (Lipinski definition) is 2. The first-order chi connectivity index (χ1) is 11.5. The molecule has 1 saturated heterocycles. The maximum absolute atomic E-state index is 12.9. The summed E-state index contributed by atoms with van der Waals surface area (Å²) in [5.74, 6) is -0.571. The summed E-state index contributed by atoms with van der Waals surface area (Å²) in [5.41, 5.74) is 9.10. The number of carbonyl (C=O) groups is 2. The van der Waals surface area contributed by atoms with Gasteiger partial charge in [-0.2, -0.15) is 0 Å². The average molecular weight is 325 g/mol. The lowest BCUT2D eigenvalue weighted by molar-refractivity contribution is -0.123. The molecule has 0 bridgehead atoms. The van der Waals surface area contributed by atoms with Gasteiger partial charge in [0.25, 0.3) is 5.91 Å². The smallest absolute Gasteiger partial charge is 0.255 e. The van der Waals surface area contributed by atoms with Gasteiger partial charge < -0.3 is 15.2 Å². The Morgan fingerprint density at radius 3 is 2.54 bits per heavy atom. The minimum Gasteiger partial charge on any atom is -0.369 e. The van der Waals surface area contributed by atoms with E-state index in [1.54, 1.807) is 4.90 Å². The second-order valence-corrected chi connectivity index (χ2v) is 6.45. The Balaban J connectivity index is 1.90. The fourth-order valence-electron chi connectivity index (χ4n) is 3.52. The number of hydrogen-bond donors (Lipinski definition) is 1. The van der Waals surface area contributed by atoms with Gasteiger partial charge in [-0.05, 0) is 44.9 Å². The molecule has 2 aromatic rings. The summed E-state index contributed by atoms with van der Waals surface area (Å²) in [6.07, 6.45) is 1.58. The number of para-hydroxylation sites is 1. The van der Waals surface area contributed by atoms with Gasteiger partial charge in [0.05, 0.1) is 11.5 Å². The number of amides is 2. The first kappa shape index (κ1) is 16.3. The molecule has 5 heteroatoms. The van der Waals surface area contributed by atoms with Crippen LogP contribution in [0, 0.1) is 19.8 Å². The van der Waals surface area contributed by atoms with Crippen LogP contribution in [0.25, 0.3) is 5.69 Å². The molecule has 1 aromatic carbocycles. The zero-order valence-electron chi connectivity index (χ0n) is 14.2. The maximum atomic E-state index is 12.9. The Morgan fingerprint density at radius 1 is 1.17 bits per heavy atom. The van der Waals surface area contributed by atoms with E-state index >= 15 is 0 Å². The molecule has 24 heavy (non-hydrogen) atoms. The standard InChI is InChI=1S/C19H23N3O2/c1-13-11-17(14(2)22(13)16-8-4-3-5-9-16)19(24)21-10-6-7-15(12-21)18(20)23/h3-5,8-9,11,15H,6-7,10,12H2,1-2H3,(H2,20,23). The van der Waals surface area contributed by atoms with Gasteiger partial charge in [0.15, 0.2) is 0 Å². The van der Waals surface area contributed by atoms with Crippen molar-refractivity contribution in [1.29, 1.82) is 0 Å². The van der Waals surface area contributed by atoms with Crippen molar-refractivity contribution in [2.75, 3.05) is 13.1 Å². The summed E-state index contributed by atoms with van der Waals surface area (Å²) in [5, 5.41) is 0. The second kappa shape index (κ2) is 6.51. The van der Waals surface area contributed by atoms with Crippen molar-refractivity contribution in [3.05, 3.63) is 53.3 Å². The molecule has 1 atom stereocenters. The highest BCUT2D eigenvalue weighted by Gasteiger charge is 2.29. The number of nitrogens with zero attached hydrogens (tertiary/aromatic N) is 2. The normalized spacial score (nSPS) is 17.8. The molecule has 0 aliphatic carbocycles. The molecule has 5 nitrogen and oxygen atoms in total. The van der Waals surface area contributed by atoms with Crippen LogP contribution in [-0.4, -0.2) is 34.4 Å². The van der Waals surface area contributed by atoms with Crippen LogP contribution in [0.3, 0.4) is 0 Å². The highest BCUT2D eigenvalue weighted by molar-refractivity contribution is 5.96. The van der Waals surface area contributed by atoms with Crippen LogP contribution < -0.4 is 5.73 Å². The number of piperidine rings is 1. The van der Waals surface area contributed by atoms with E-state index in [9.17, 15) is 9.59 Å². The minimum absolute atomic E-state index is 0.0174. The first-order valence-corrected chi connectivity index (χ1v) is 8.32. The summed E-state index contributed by atoms with van der Waals surface area (Å²) in [7, 11) is 0. The Morgan fingerprint density at radius 2 is 1.88 bits per heavy atom. The molecule has 126 valence electrons. The van der Waals surface area contributed by atoms with Crippen LogP contribution in [0.2, 0.25) is 0 Å². The van der Waals surface area contributed by atoms with E-state index in [0.717, 1.165) is 29.9 Å². The molecule has 1 aliphatic rings. The third-order valence-corrected chi connectivity index (χ3v) is 4.79. The molecule has 3 rings (SSSR count). The molecule has 0 spiro atoms. The summed E-state index contributed by atoms with van der Waals surface area (Å²) in [6.45, 7) is 5.06. The fourth-order valence-corrected chi connectivity index (χ4v) is 3.52. The molecule has 0 saturated carbocycles. The topological polar surface area (TPSA) is 68.3 Å². The van der Waals surface area contributed by atoms with E-state index in [-0.39, 0.29) is 17.7 Å². The van der Waals surface area contributed by atoms with Gasteiger partial charge >= 0.3 is 0 Å². The lowest BCUT2D eigenvalue weighted by Crippen LogP contribution is -2.44. The number of likely N-dealkylation sites (tertiary alicyclic amines) is 1. The first-order valence-electron chi connectivity index (χ1n) is 8.32. The number of benzene rings is 1. The zero-order chi connectivity index (χ0) is 17.3. The van der Waals surface area contributed by atoms with Crippen molar-refractivity contribution in [3.8, 4) is 5.69 Å². The zero-order valence-corrected chi connectivity index (χ0v) is 14.2. The Hall–Kier alpha value is -2.56. The van der Waals surface area contributed by atoms with Crippen LogP contribution in [-0.2, 0) is 4.79 Å². The van der Waals surface area contributed by atoms with Gasteiger partial charge in [-0.15, -0.1) is 0 Å². The molecule has 2 heterocycles. The fraction of sp³-hybridized carbons (Fsp3) is 0.368. The van der Waals surface area contributed by atoms with Gasteiger partial charge in [0.1, 0.15) is 0 Å². The third-order valence-electron chi connectivity index (χ3n) is 4.79. The molecule has 2 N–H and O–H groups in total. The number of aromatic nitrogens is 1. The number of aryl methyl sites for hydroxylation is 1. The van der Waals surface area contributed by atoms with E-state index in [0.29, 0.717) is 18.7 Å². The molecule has 1 aliphatic heterocycles. The quantitative estimate of drug-likeness (QED) is 0.941. The molecule has 1 aromatic heterocycles. The Bertz CT molecular complexity index is 764. The van der Waals surface area contributed by atoms with E-state index in [1.807, 2.05) is 50.2 Å². The van der Waals surface area contributed by atoms with Crippen LogP contribution in [0.15, 0.2) is 36.4 Å². The highest BCUT2D eigenvalue weighted by Crippen LogP contribution is 2.24. The van der Waals surface area contributed by atoms with E-state index in [4.69, 9.17) is 5.73 Å². The average Bonchev–Trinajstić information content (AvgIpc) is 2.89. The van der Waals surface area contributed by atoms with Crippen LogP contribution in [0.4, 0.5) is 0 Å². The molecule has 0 radical (unpaired) electrons. The van der Waals surface area contributed by atoms with Crippen LogP contribution in [0.1, 0.15) is 34.6 Å². The van der Waals surface area contributed by atoms with Crippen LogP contribution in [0.5, 0.6) is 0 Å². The SMILES string of the molecule is Cc1cc(C(=O)N2CCCC(C(N)=O)C2)c(C)n1-c1ccccc1. The summed E-state index contributed by atoms with van der Waals surface area (Å²) < 4.78 is 2.09. The van der Waals surface area contributed by atoms with Crippen molar-refractivity contribution in [2.45, 2.75) is 26.7 Å². The predicted molar refractivity (Wildman–Crippen MR) is 93.1 cm³/mol. The van der Waals surface area contributed by atoms with E-state index < -0.39 is 0 Å². The van der Waals surface area contributed by atoms with Gasteiger partial charge in [-0.1, -0.05) is 18.2 Å². The third kappa shape index (κ3) is 2.94. The van der Waals surface area contributed by atoms with Gasteiger partial charge in [0, 0.05) is 30.2 Å². The lowest BCUT2D eigenvalue weighted by atomic mass is 9.97. The largest absolute Gasteiger partial charge is 0.369 e. The monoisotopic (exact) mass is 325 g/mol. The molecular weight excluding hydrogens is 302 g/mol. The van der Waals surface area contributed by atoms with E-state index in [1.165, 1.54) is 0 Å². The van der Waals surface area contributed by atoms with Crippen molar-refractivity contribution >= 4 is 11.8 Å². The summed E-state index contributed by atoms with van der Waals surface area (Å²) >= 11 is 0. The molecular formula is C19H23N3O2. The maximum Gasteiger partial charge on any atom is 0.255 e. The van der Waals surface area contributed by atoms with Crippen molar-refractivity contribution in [3.63, 3.8) is 0 Å². The molecule has 1 unspecified atom stereocenters. The summed E-state index contributed by atoms with van der Waals surface area (Å²) in [4.78, 5) is 26.2. The number of rotatable bonds is 3. The van der Waals surface area contributed by atoms with Crippen molar-refractivity contribution in [1.82, 2.24) is 9.47 Å². The van der Waals surface area contributed by atoms with Crippen LogP contribution >= 0.6 is 0 Å². The molecule has 1 fully saturated rings. The van der Waals surface area contributed by atoms with Gasteiger partial charge in [0.2, 0.25) is 5.91 Å². The minimum atomic E-state index is -0.317. The highest BCUT2D eigenvalue weighted by atomic mass is 16.2. The van der Waals surface area contributed by atoms with Crippen molar-refractivity contribution in [2.24, 2.45) is 11.7 Å². The number of nitrogens with two attached hydrogens (primary N) is 1. The number of carbonyl (C=O) groups excluding carboxylic acids is 2. The summed E-state index contributed by atoms with van der Waals surface area (Å²) in [6, 6.07) is 11.9. The van der Waals surface area contributed by atoms with E-state index in [2.05, 4.69) is 4.57 Å².